The highest BCUT2D eigenvalue weighted by Gasteiger charge is 2.30. The van der Waals surface area contributed by atoms with Crippen LogP contribution in [0.1, 0.15) is 25.8 Å². The van der Waals surface area contributed by atoms with Crippen molar-refractivity contribution in [3.05, 3.63) is 35.7 Å². The van der Waals surface area contributed by atoms with E-state index in [4.69, 9.17) is 9.84 Å². The van der Waals surface area contributed by atoms with Crippen LogP contribution in [-0.4, -0.2) is 16.7 Å². The normalized spacial score (nSPS) is 19.6. The van der Waals surface area contributed by atoms with Crippen LogP contribution in [0.15, 0.2) is 24.3 Å². The molecule has 1 N–H and O–H groups in total. The number of benzene rings is 1. The van der Waals surface area contributed by atoms with Crippen LogP contribution in [0.4, 0.5) is 4.39 Å². The average Bonchev–Trinajstić information content (AvgIpc) is 2.17. The van der Waals surface area contributed by atoms with Crippen LogP contribution in [0.3, 0.4) is 0 Å². The maximum Gasteiger partial charge on any atom is 0.328 e. The van der Waals surface area contributed by atoms with E-state index in [0.29, 0.717) is 23.3 Å². The minimum Gasteiger partial charge on any atom is -0.487 e. The van der Waals surface area contributed by atoms with Crippen LogP contribution in [-0.2, 0) is 4.79 Å². The maximum absolute atomic E-state index is 13.2. The molecule has 90 valence electrons. The molecular weight excluding hydrogens is 223 g/mol. The second-order valence-corrected chi connectivity index (χ2v) is 4.69. The van der Waals surface area contributed by atoms with E-state index in [0.717, 1.165) is 6.08 Å². The third-order valence-electron chi connectivity index (χ3n) is 2.59. The smallest absolute Gasteiger partial charge is 0.328 e. The van der Waals surface area contributed by atoms with E-state index in [2.05, 4.69) is 0 Å². The van der Waals surface area contributed by atoms with Crippen LogP contribution in [0.2, 0.25) is 0 Å². The number of halogens is 1. The van der Waals surface area contributed by atoms with Gasteiger partial charge in [0.2, 0.25) is 0 Å². The highest BCUT2D eigenvalue weighted by molar-refractivity contribution is 5.91. The van der Waals surface area contributed by atoms with E-state index in [1.807, 2.05) is 13.8 Å². The second-order valence-electron chi connectivity index (χ2n) is 4.69. The first-order chi connectivity index (χ1) is 7.87. The van der Waals surface area contributed by atoms with Gasteiger partial charge in [-0.05, 0) is 37.6 Å². The lowest BCUT2D eigenvalue weighted by Crippen LogP contribution is -2.32. The van der Waals surface area contributed by atoms with E-state index < -0.39 is 17.4 Å². The Hall–Kier alpha value is -1.84. The van der Waals surface area contributed by atoms with Gasteiger partial charge in [-0.2, -0.15) is 0 Å². The fraction of sp³-hybridized carbons (Fsp3) is 0.308. The van der Waals surface area contributed by atoms with Crippen molar-refractivity contribution in [3.63, 3.8) is 0 Å². The molecule has 1 aromatic rings. The number of fused-ring (bicyclic) bond motifs is 1. The van der Waals surface area contributed by atoms with Gasteiger partial charge in [-0.25, -0.2) is 9.18 Å². The molecule has 0 atom stereocenters. The summed E-state index contributed by atoms with van der Waals surface area (Å²) in [6.07, 6.45) is 1.55. The van der Waals surface area contributed by atoms with Gasteiger partial charge in [0.25, 0.3) is 0 Å². The van der Waals surface area contributed by atoms with E-state index in [1.54, 1.807) is 0 Å². The summed E-state index contributed by atoms with van der Waals surface area (Å²) in [5, 5.41) is 8.82. The van der Waals surface area contributed by atoms with E-state index in [-0.39, 0.29) is 0 Å². The first kappa shape index (κ1) is 11.6. The van der Waals surface area contributed by atoms with Crippen molar-refractivity contribution < 1.29 is 19.0 Å². The number of ether oxygens (including phenoxy) is 1. The Balaban J connectivity index is 2.56. The Labute approximate surface area is 98.5 Å². The molecule has 0 aliphatic carbocycles. The molecule has 0 amide bonds. The van der Waals surface area contributed by atoms with Gasteiger partial charge >= 0.3 is 5.97 Å². The van der Waals surface area contributed by atoms with Gasteiger partial charge in [0.15, 0.2) is 0 Å². The van der Waals surface area contributed by atoms with Crippen molar-refractivity contribution in [1.29, 1.82) is 0 Å². The van der Waals surface area contributed by atoms with Gasteiger partial charge in [-0.3, -0.25) is 0 Å². The standard InChI is InChI=1S/C13H13FO3/c1-13(2)7-8(5-12(15)16)10-6-9(14)3-4-11(10)17-13/h3-6H,7H2,1-2H3,(H,15,16)/b8-5+. The first-order valence-electron chi connectivity index (χ1n) is 5.30. The SMILES string of the molecule is CC1(C)C/C(=C\C(=O)O)c2cc(F)ccc2O1. The molecule has 0 unspecified atom stereocenters. The highest BCUT2D eigenvalue weighted by atomic mass is 19.1. The third kappa shape index (κ3) is 2.46. The number of carboxylic acids is 1. The monoisotopic (exact) mass is 236 g/mol. The third-order valence-corrected chi connectivity index (χ3v) is 2.59. The van der Waals surface area contributed by atoms with Gasteiger partial charge < -0.3 is 9.84 Å². The van der Waals surface area contributed by atoms with Crippen LogP contribution < -0.4 is 4.74 Å². The highest BCUT2D eigenvalue weighted by Crippen LogP contribution is 2.40. The maximum atomic E-state index is 13.2. The van der Waals surface area contributed by atoms with E-state index in [9.17, 15) is 9.18 Å². The molecule has 0 radical (unpaired) electrons. The molecule has 2 rings (SSSR count). The zero-order valence-corrected chi connectivity index (χ0v) is 9.66. The van der Waals surface area contributed by atoms with Crippen molar-refractivity contribution in [1.82, 2.24) is 0 Å². The molecule has 1 heterocycles. The average molecular weight is 236 g/mol. The quantitative estimate of drug-likeness (QED) is 0.762. The lowest BCUT2D eigenvalue weighted by Gasteiger charge is -2.34. The van der Waals surface area contributed by atoms with Crippen LogP contribution >= 0.6 is 0 Å². The topological polar surface area (TPSA) is 46.5 Å². The number of rotatable bonds is 1. The summed E-state index contributed by atoms with van der Waals surface area (Å²) >= 11 is 0. The van der Waals surface area contributed by atoms with Gasteiger partial charge in [0.1, 0.15) is 17.2 Å². The summed E-state index contributed by atoms with van der Waals surface area (Å²) in [4.78, 5) is 10.8. The lowest BCUT2D eigenvalue weighted by atomic mass is 9.89. The minimum atomic E-state index is -1.03. The first-order valence-corrected chi connectivity index (χ1v) is 5.30. The molecule has 4 heteroatoms. The summed E-state index contributed by atoms with van der Waals surface area (Å²) in [5.41, 5.74) is 0.626. The van der Waals surface area contributed by atoms with Crippen LogP contribution in [0, 0.1) is 5.82 Å². The van der Waals surface area contributed by atoms with Crippen molar-refractivity contribution in [2.45, 2.75) is 25.9 Å². The fourth-order valence-corrected chi connectivity index (χ4v) is 2.01. The minimum absolute atomic E-state index is 0.400. The Morgan fingerprint density at radius 1 is 1.53 bits per heavy atom. The largest absolute Gasteiger partial charge is 0.487 e. The van der Waals surface area contributed by atoms with Crippen LogP contribution in [0.25, 0.3) is 5.57 Å². The van der Waals surface area contributed by atoms with Crippen LogP contribution in [0.5, 0.6) is 5.75 Å². The molecule has 0 spiro atoms. The molecule has 17 heavy (non-hydrogen) atoms. The molecule has 0 saturated heterocycles. The summed E-state index contributed by atoms with van der Waals surface area (Å²) in [5.74, 6) is -0.911. The van der Waals surface area contributed by atoms with Crippen molar-refractivity contribution >= 4 is 11.5 Å². The molecular formula is C13H13FO3. The van der Waals surface area contributed by atoms with Gasteiger partial charge in [-0.15, -0.1) is 0 Å². The van der Waals surface area contributed by atoms with Crippen molar-refractivity contribution in [2.75, 3.05) is 0 Å². The Morgan fingerprint density at radius 3 is 2.88 bits per heavy atom. The number of carboxylic acid groups (broad SMARTS) is 1. The molecule has 1 aromatic carbocycles. The lowest BCUT2D eigenvalue weighted by molar-refractivity contribution is -0.131. The van der Waals surface area contributed by atoms with Crippen molar-refractivity contribution in [2.24, 2.45) is 0 Å². The molecule has 0 saturated carbocycles. The summed E-state index contributed by atoms with van der Waals surface area (Å²) < 4.78 is 18.9. The molecule has 0 bridgehead atoms. The number of aliphatic carboxylic acids is 1. The Morgan fingerprint density at radius 2 is 2.24 bits per heavy atom. The summed E-state index contributed by atoms with van der Waals surface area (Å²) in [7, 11) is 0. The second kappa shape index (κ2) is 3.87. The van der Waals surface area contributed by atoms with Gasteiger partial charge in [-0.1, -0.05) is 0 Å². The number of carbonyl (C=O) groups is 1. The zero-order valence-electron chi connectivity index (χ0n) is 9.66. The molecule has 0 fully saturated rings. The number of hydrogen-bond acceptors (Lipinski definition) is 2. The summed E-state index contributed by atoms with van der Waals surface area (Å²) in [6.45, 7) is 3.74. The van der Waals surface area contributed by atoms with E-state index in [1.165, 1.54) is 18.2 Å². The molecule has 1 aliphatic heterocycles. The van der Waals surface area contributed by atoms with Gasteiger partial charge in [0, 0.05) is 18.1 Å². The molecule has 3 nitrogen and oxygen atoms in total. The fourth-order valence-electron chi connectivity index (χ4n) is 2.01. The zero-order chi connectivity index (χ0) is 12.6. The molecule has 0 aromatic heterocycles. The van der Waals surface area contributed by atoms with E-state index >= 15 is 0 Å². The Bertz CT molecular complexity index is 503. The predicted octanol–water partition coefficient (Wildman–Crippen LogP) is 2.85. The van der Waals surface area contributed by atoms with Crippen molar-refractivity contribution in [3.8, 4) is 5.75 Å². The Kier molecular flexibility index (Phi) is 2.65. The molecule has 1 aliphatic rings. The van der Waals surface area contributed by atoms with Gasteiger partial charge in [0.05, 0.1) is 0 Å². The number of hydrogen-bond donors (Lipinski definition) is 1. The predicted molar refractivity (Wildman–Crippen MR) is 61.3 cm³/mol. The summed E-state index contributed by atoms with van der Waals surface area (Å²) in [6, 6.07) is 4.14.